The summed E-state index contributed by atoms with van der Waals surface area (Å²) in [6, 6.07) is 8.44. The predicted molar refractivity (Wildman–Crippen MR) is 77.0 cm³/mol. The third kappa shape index (κ3) is 3.56. The zero-order valence-electron chi connectivity index (χ0n) is 12.0. The van der Waals surface area contributed by atoms with Crippen LogP contribution in [-0.2, 0) is 0 Å². The van der Waals surface area contributed by atoms with Crippen molar-refractivity contribution in [1.29, 1.82) is 0 Å². The molecule has 1 unspecified atom stereocenters. The Kier molecular flexibility index (Phi) is 4.20. The minimum atomic E-state index is 0.408. The Morgan fingerprint density at radius 2 is 1.89 bits per heavy atom. The third-order valence-corrected chi connectivity index (χ3v) is 2.91. The molecule has 0 saturated carbocycles. The zero-order chi connectivity index (χ0) is 13.8. The molecule has 0 aliphatic rings. The van der Waals surface area contributed by atoms with E-state index in [1.807, 2.05) is 24.3 Å². The van der Waals surface area contributed by atoms with Gasteiger partial charge < -0.3 is 9.73 Å². The third-order valence-electron chi connectivity index (χ3n) is 2.91. The van der Waals surface area contributed by atoms with Crippen molar-refractivity contribution in [3.8, 4) is 11.5 Å². The molecular formula is C15H21N3O. The van der Waals surface area contributed by atoms with Gasteiger partial charge in [0.1, 0.15) is 0 Å². The van der Waals surface area contributed by atoms with Crippen LogP contribution in [0.3, 0.4) is 0 Å². The summed E-state index contributed by atoms with van der Waals surface area (Å²) >= 11 is 0. The molecule has 0 radical (unpaired) electrons. The molecule has 1 atom stereocenters. The van der Waals surface area contributed by atoms with E-state index in [1.54, 1.807) is 6.92 Å². The molecule has 2 rings (SSSR count). The summed E-state index contributed by atoms with van der Waals surface area (Å²) in [7, 11) is 0. The fourth-order valence-corrected chi connectivity index (χ4v) is 2.23. The number of benzene rings is 1. The fraction of sp³-hybridized carbons (Fsp3) is 0.467. The quantitative estimate of drug-likeness (QED) is 0.885. The van der Waals surface area contributed by atoms with Crippen LogP contribution in [0.15, 0.2) is 28.7 Å². The molecule has 4 heteroatoms. The molecule has 2 aromatic rings. The molecule has 19 heavy (non-hydrogen) atoms. The Morgan fingerprint density at radius 1 is 1.16 bits per heavy atom. The molecule has 0 bridgehead atoms. The second-order valence-corrected chi connectivity index (χ2v) is 5.35. The number of para-hydroxylation sites is 1. The van der Waals surface area contributed by atoms with Crippen LogP contribution < -0.4 is 5.32 Å². The Balaban J connectivity index is 2.21. The lowest BCUT2D eigenvalue weighted by atomic mass is 10.0. The van der Waals surface area contributed by atoms with Gasteiger partial charge in [-0.3, -0.25) is 0 Å². The Labute approximate surface area is 114 Å². The summed E-state index contributed by atoms with van der Waals surface area (Å²) in [6.07, 6.45) is 1.12. The van der Waals surface area contributed by atoms with Crippen molar-refractivity contribution in [1.82, 2.24) is 10.2 Å². The van der Waals surface area contributed by atoms with Crippen LogP contribution >= 0.6 is 0 Å². The van der Waals surface area contributed by atoms with Crippen molar-refractivity contribution >= 4 is 5.69 Å². The van der Waals surface area contributed by atoms with E-state index in [4.69, 9.17) is 4.42 Å². The van der Waals surface area contributed by atoms with Crippen LogP contribution in [0.1, 0.15) is 33.1 Å². The topological polar surface area (TPSA) is 51.0 Å². The molecule has 0 fully saturated rings. The smallest absolute Gasteiger partial charge is 0.249 e. The van der Waals surface area contributed by atoms with Crippen LogP contribution in [0, 0.1) is 12.8 Å². The second-order valence-electron chi connectivity index (χ2n) is 5.35. The molecule has 0 aliphatic heterocycles. The zero-order valence-corrected chi connectivity index (χ0v) is 12.0. The van der Waals surface area contributed by atoms with Crippen molar-refractivity contribution in [3.63, 3.8) is 0 Å². The maximum absolute atomic E-state index is 5.51. The first-order valence-electron chi connectivity index (χ1n) is 6.72. The van der Waals surface area contributed by atoms with E-state index in [-0.39, 0.29) is 0 Å². The Morgan fingerprint density at radius 3 is 2.53 bits per heavy atom. The van der Waals surface area contributed by atoms with Gasteiger partial charge in [-0.15, -0.1) is 10.2 Å². The normalized spacial score (nSPS) is 12.7. The minimum Gasteiger partial charge on any atom is -0.421 e. The standard InChI is InChI=1S/C15H21N3O/c1-10(2)9-11(3)16-14-8-6-5-7-13(14)15-18-17-12(4)19-15/h5-8,10-11,16H,9H2,1-4H3. The fourth-order valence-electron chi connectivity index (χ4n) is 2.23. The maximum Gasteiger partial charge on any atom is 0.249 e. The number of nitrogens with zero attached hydrogens (tertiary/aromatic N) is 2. The first-order chi connectivity index (χ1) is 9.06. The van der Waals surface area contributed by atoms with Crippen LogP contribution in [0.25, 0.3) is 11.5 Å². The number of hydrogen-bond acceptors (Lipinski definition) is 4. The molecule has 0 saturated heterocycles. The summed E-state index contributed by atoms with van der Waals surface area (Å²) < 4.78 is 5.51. The molecule has 0 aliphatic carbocycles. The summed E-state index contributed by atoms with van der Waals surface area (Å²) in [6.45, 7) is 8.45. The van der Waals surface area contributed by atoms with E-state index >= 15 is 0 Å². The van der Waals surface area contributed by atoms with Gasteiger partial charge in [0.05, 0.1) is 5.56 Å². The monoisotopic (exact) mass is 259 g/mol. The molecule has 4 nitrogen and oxygen atoms in total. The molecule has 1 aromatic heterocycles. The van der Waals surface area contributed by atoms with Crippen molar-refractivity contribution in [2.24, 2.45) is 5.92 Å². The van der Waals surface area contributed by atoms with Gasteiger partial charge in [-0.1, -0.05) is 26.0 Å². The highest BCUT2D eigenvalue weighted by Crippen LogP contribution is 2.27. The number of anilines is 1. The molecule has 102 valence electrons. The van der Waals surface area contributed by atoms with E-state index in [1.165, 1.54) is 0 Å². The minimum absolute atomic E-state index is 0.408. The van der Waals surface area contributed by atoms with Gasteiger partial charge in [0.15, 0.2) is 0 Å². The van der Waals surface area contributed by atoms with Crippen LogP contribution in [0.4, 0.5) is 5.69 Å². The highest BCUT2D eigenvalue weighted by atomic mass is 16.4. The molecule has 1 heterocycles. The lowest BCUT2D eigenvalue weighted by Crippen LogP contribution is -2.17. The maximum atomic E-state index is 5.51. The SMILES string of the molecule is Cc1nnc(-c2ccccc2NC(C)CC(C)C)o1. The molecule has 0 spiro atoms. The van der Waals surface area contributed by atoms with Crippen LogP contribution in [-0.4, -0.2) is 16.2 Å². The van der Waals surface area contributed by atoms with Gasteiger partial charge in [-0.2, -0.15) is 0 Å². The average Bonchev–Trinajstić information content (AvgIpc) is 2.75. The lowest BCUT2D eigenvalue weighted by molar-refractivity contribution is 0.531. The molecule has 1 aromatic carbocycles. The van der Waals surface area contributed by atoms with E-state index in [2.05, 4.69) is 36.3 Å². The summed E-state index contributed by atoms with van der Waals surface area (Å²) in [5, 5.41) is 11.5. The van der Waals surface area contributed by atoms with Gasteiger partial charge >= 0.3 is 0 Å². The first kappa shape index (κ1) is 13.6. The van der Waals surface area contributed by atoms with Crippen molar-refractivity contribution in [2.75, 3.05) is 5.32 Å². The van der Waals surface area contributed by atoms with Gasteiger partial charge in [-0.25, -0.2) is 0 Å². The number of nitrogens with one attached hydrogen (secondary N) is 1. The van der Waals surface area contributed by atoms with Crippen LogP contribution in [0.5, 0.6) is 0 Å². The summed E-state index contributed by atoms with van der Waals surface area (Å²) in [5.41, 5.74) is 2.00. The van der Waals surface area contributed by atoms with E-state index in [0.29, 0.717) is 23.7 Å². The Hall–Kier alpha value is -1.84. The number of aryl methyl sites for hydroxylation is 1. The van der Waals surface area contributed by atoms with Gasteiger partial charge in [0, 0.05) is 18.7 Å². The summed E-state index contributed by atoms with van der Waals surface area (Å²) in [5.74, 6) is 1.82. The van der Waals surface area contributed by atoms with E-state index < -0.39 is 0 Å². The number of rotatable bonds is 5. The highest BCUT2D eigenvalue weighted by molar-refractivity contribution is 5.72. The Bertz CT molecular complexity index is 534. The van der Waals surface area contributed by atoms with Crippen LogP contribution in [0.2, 0.25) is 0 Å². The summed E-state index contributed by atoms with van der Waals surface area (Å²) in [4.78, 5) is 0. The van der Waals surface area contributed by atoms with E-state index in [9.17, 15) is 0 Å². The van der Waals surface area contributed by atoms with Crippen molar-refractivity contribution < 1.29 is 4.42 Å². The number of aromatic nitrogens is 2. The van der Waals surface area contributed by atoms with Gasteiger partial charge in [0.25, 0.3) is 0 Å². The molecule has 1 N–H and O–H groups in total. The first-order valence-corrected chi connectivity index (χ1v) is 6.72. The van der Waals surface area contributed by atoms with Gasteiger partial charge in [-0.05, 0) is 31.4 Å². The van der Waals surface area contributed by atoms with Gasteiger partial charge in [0.2, 0.25) is 11.8 Å². The predicted octanol–water partition coefficient (Wildman–Crippen LogP) is 3.89. The molecular weight excluding hydrogens is 238 g/mol. The second kappa shape index (κ2) is 5.87. The van der Waals surface area contributed by atoms with E-state index in [0.717, 1.165) is 17.7 Å². The highest BCUT2D eigenvalue weighted by Gasteiger charge is 2.13. The average molecular weight is 259 g/mol. The largest absolute Gasteiger partial charge is 0.421 e. The lowest BCUT2D eigenvalue weighted by Gasteiger charge is -2.18. The molecule has 0 amide bonds. The van der Waals surface area contributed by atoms with Crippen molar-refractivity contribution in [3.05, 3.63) is 30.2 Å². The van der Waals surface area contributed by atoms with Crippen molar-refractivity contribution in [2.45, 2.75) is 40.2 Å². The number of hydrogen-bond donors (Lipinski definition) is 1.